The van der Waals surface area contributed by atoms with Crippen LogP contribution >= 0.6 is 0 Å². The summed E-state index contributed by atoms with van der Waals surface area (Å²) in [5.41, 5.74) is 3.53. The summed E-state index contributed by atoms with van der Waals surface area (Å²) in [7, 11) is -5.24. The van der Waals surface area contributed by atoms with Gasteiger partial charge in [-0.05, 0) is 44.5 Å². The normalized spacial score (nSPS) is 16.6. The maximum absolute atomic E-state index is 13.0. The van der Waals surface area contributed by atoms with Crippen molar-refractivity contribution in [2.24, 2.45) is 0 Å². The van der Waals surface area contributed by atoms with Gasteiger partial charge in [0.15, 0.2) is 0 Å². The number of aromatic nitrogens is 1. The third kappa shape index (κ3) is 5.83. The van der Waals surface area contributed by atoms with Gasteiger partial charge in [-0.2, -0.15) is 0 Å². The molecule has 12 heteroatoms. The number of hydrogen-bond donors (Lipinski definition) is 2. The molecule has 0 aliphatic carbocycles. The number of para-hydroxylation sites is 1. The van der Waals surface area contributed by atoms with E-state index in [2.05, 4.69) is 9.17 Å². The van der Waals surface area contributed by atoms with Crippen molar-refractivity contribution in [1.29, 1.82) is 0 Å². The molecule has 1 atom stereocenters. The summed E-state index contributed by atoms with van der Waals surface area (Å²) in [5.74, 6) is -3.25. The van der Waals surface area contributed by atoms with Crippen LogP contribution in [-0.4, -0.2) is 47.5 Å². The van der Waals surface area contributed by atoms with E-state index >= 15 is 0 Å². The minimum atomic E-state index is -5.24. The Morgan fingerprint density at radius 1 is 1.32 bits per heavy atom. The van der Waals surface area contributed by atoms with Crippen LogP contribution in [0.4, 0.5) is 10.5 Å². The molecule has 2 amide bonds. The first-order valence-electron chi connectivity index (χ1n) is 8.75. The van der Waals surface area contributed by atoms with Gasteiger partial charge < -0.3 is 19.4 Å². The molecule has 1 aliphatic heterocycles. The molecule has 2 N–H and O–H groups in total. The third-order valence-electron chi connectivity index (χ3n) is 4.27. The number of anilines is 1. The van der Waals surface area contributed by atoms with Crippen molar-refractivity contribution >= 4 is 39.7 Å². The van der Waals surface area contributed by atoms with E-state index in [1.165, 1.54) is 0 Å². The molecule has 10 nitrogen and oxygen atoms in total. The van der Waals surface area contributed by atoms with Gasteiger partial charge in [0.1, 0.15) is 6.61 Å². The number of carbonyl (C=O) groups excluding carboxylic acids is 2. The molecule has 1 aromatic carbocycles. The summed E-state index contributed by atoms with van der Waals surface area (Å²) < 4.78 is 40.7. The van der Waals surface area contributed by atoms with Crippen LogP contribution in [0.3, 0.4) is 0 Å². The third-order valence-corrected chi connectivity index (χ3v) is 4.84. The number of amides is 2. The smallest absolute Gasteiger partial charge is 0.725 e. The number of imide groups is 1. The zero-order valence-corrected chi connectivity index (χ0v) is 20.1. The Hall–Kier alpha value is -1.99. The first-order valence-corrected chi connectivity index (χ1v) is 10.1. The summed E-state index contributed by atoms with van der Waals surface area (Å²) >= 11 is 0. The van der Waals surface area contributed by atoms with Crippen LogP contribution in [0, 0.1) is 13.8 Å². The number of fused-ring (bicyclic) bond motifs is 1. The molecule has 160 valence electrons. The van der Waals surface area contributed by atoms with Crippen molar-refractivity contribution in [2.75, 3.05) is 11.5 Å². The first-order chi connectivity index (χ1) is 13.9. The monoisotopic (exact) mass is 458 g/mol. The van der Waals surface area contributed by atoms with E-state index in [0.717, 1.165) is 23.1 Å². The zero-order chi connectivity index (χ0) is 22.3. The number of aliphatic hydroxyl groups is 1. The molecule has 1 aliphatic rings. The number of nitrogens with zero attached hydrogens (tertiary/aromatic N) is 1. The summed E-state index contributed by atoms with van der Waals surface area (Å²) in [6.45, 7) is 3.59. The summed E-state index contributed by atoms with van der Waals surface area (Å²) in [6.07, 6.45) is 0.461. The Morgan fingerprint density at radius 2 is 1.97 bits per heavy atom. The Balaban J connectivity index is 0.00000341. The Kier molecular flexibility index (Phi) is 7.54. The number of carbonyl (C=O) groups is 2. The number of aryl methyl sites for hydroxylation is 2. The fourth-order valence-electron chi connectivity index (χ4n) is 3.11. The van der Waals surface area contributed by atoms with Gasteiger partial charge in [-0.1, -0.05) is 18.2 Å². The second-order valence-corrected chi connectivity index (χ2v) is 7.97. The molecule has 0 radical (unpaired) electrons. The van der Waals surface area contributed by atoms with Crippen LogP contribution in [0.5, 0.6) is 0 Å². The number of benzene rings is 1. The van der Waals surface area contributed by atoms with E-state index in [0.29, 0.717) is 11.3 Å². The average Bonchev–Trinajstić information content (AvgIpc) is 3.07. The maximum atomic E-state index is 13.0. The number of hydrogen-bond acceptors (Lipinski definition) is 8. The van der Waals surface area contributed by atoms with Gasteiger partial charge in [-0.15, -0.1) is 0 Å². The fourth-order valence-corrected chi connectivity index (χ4v) is 3.60. The van der Waals surface area contributed by atoms with Crippen molar-refractivity contribution in [3.63, 3.8) is 0 Å². The maximum Gasteiger partial charge on any atom is 1.00 e. The van der Waals surface area contributed by atoms with Crippen LogP contribution in [0.2, 0.25) is 0 Å². The quantitative estimate of drug-likeness (QED) is 0.187. The molecular formula is C19H19N2NaO8S. The van der Waals surface area contributed by atoms with Gasteiger partial charge in [0.25, 0.3) is 5.91 Å². The summed E-state index contributed by atoms with van der Waals surface area (Å²) in [6, 6.07) is 8.46. The van der Waals surface area contributed by atoms with E-state index < -0.39 is 34.8 Å². The fraction of sp³-hybridized carbons (Fsp3) is 0.263. The Morgan fingerprint density at radius 3 is 2.55 bits per heavy atom. The predicted molar refractivity (Wildman–Crippen MR) is 105 cm³/mol. The summed E-state index contributed by atoms with van der Waals surface area (Å²) in [4.78, 5) is 29.4. The SMILES string of the molecule is Cc1cc(C)c(/C=C2\C(=O)N(C(=O)OCC(C)(O)OS(=O)(=O)[O-])c3ccccc32)[nH]1.[Na+]. The van der Waals surface area contributed by atoms with Gasteiger partial charge in [0.05, 0.1) is 11.3 Å². The molecule has 3 rings (SSSR count). The molecule has 2 heterocycles. The largest absolute Gasteiger partial charge is 1.00 e. The first kappa shape index (κ1) is 25.3. The molecule has 1 unspecified atom stereocenters. The van der Waals surface area contributed by atoms with Crippen molar-refractivity contribution in [3.05, 3.63) is 52.8 Å². The molecule has 0 saturated carbocycles. The molecule has 31 heavy (non-hydrogen) atoms. The molecule has 0 saturated heterocycles. The topological polar surface area (TPSA) is 149 Å². The van der Waals surface area contributed by atoms with Gasteiger partial charge >= 0.3 is 35.7 Å². The van der Waals surface area contributed by atoms with Crippen molar-refractivity contribution in [3.8, 4) is 0 Å². The Labute approximate surface area is 201 Å². The molecular weight excluding hydrogens is 439 g/mol. The minimum absolute atomic E-state index is 0. The van der Waals surface area contributed by atoms with Crippen molar-refractivity contribution in [1.82, 2.24) is 4.98 Å². The van der Waals surface area contributed by atoms with E-state index in [1.54, 1.807) is 30.3 Å². The van der Waals surface area contributed by atoms with Crippen LogP contribution in [-0.2, 0) is 24.1 Å². The van der Waals surface area contributed by atoms with E-state index in [-0.39, 0.29) is 40.8 Å². The van der Waals surface area contributed by atoms with Crippen LogP contribution in [0.25, 0.3) is 11.6 Å². The van der Waals surface area contributed by atoms with Crippen LogP contribution in [0.15, 0.2) is 30.3 Å². The predicted octanol–water partition coefficient (Wildman–Crippen LogP) is -1.16. The van der Waals surface area contributed by atoms with Crippen LogP contribution in [0.1, 0.15) is 29.4 Å². The van der Waals surface area contributed by atoms with Gasteiger partial charge in [0.2, 0.25) is 16.2 Å². The number of rotatable bonds is 5. The van der Waals surface area contributed by atoms with E-state index in [9.17, 15) is 27.7 Å². The van der Waals surface area contributed by atoms with Crippen molar-refractivity contribution in [2.45, 2.75) is 26.6 Å². The number of nitrogens with one attached hydrogen (secondary N) is 1. The molecule has 0 bridgehead atoms. The number of aromatic amines is 1. The molecule has 0 spiro atoms. The average molecular weight is 458 g/mol. The second kappa shape index (κ2) is 9.25. The molecule has 1 aromatic heterocycles. The van der Waals surface area contributed by atoms with Gasteiger partial charge in [-0.25, -0.2) is 22.3 Å². The minimum Gasteiger partial charge on any atom is -0.725 e. The molecule has 2 aromatic rings. The zero-order valence-electron chi connectivity index (χ0n) is 17.3. The Bertz CT molecular complexity index is 1150. The van der Waals surface area contributed by atoms with Gasteiger partial charge in [-0.3, -0.25) is 4.79 Å². The number of H-pyrrole nitrogens is 1. The standard InChI is InChI=1S/C19H20N2O8S.Na/c1-11-8-12(2)20-15(11)9-14-13-6-4-5-7-16(13)21(17(14)22)18(23)28-10-19(3,24)29-30(25,26)27;/h4-9,20,24H,10H2,1-3H3,(H,25,26,27);/q;+1/p-1/b14-9-;. The van der Waals surface area contributed by atoms with Crippen molar-refractivity contribution < 1.29 is 66.1 Å². The second-order valence-electron chi connectivity index (χ2n) is 6.99. The van der Waals surface area contributed by atoms with E-state index in [1.807, 2.05) is 19.9 Å². The number of ether oxygens (including phenoxy) is 1. The summed E-state index contributed by atoms with van der Waals surface area (Å²) in [5, 5.41) is 9.79. The molecule has 0 fully saturated rings. The van der Waals surface area contributed by atoms with E-state index in [4.69, 9.17) is 4.74 Å². The van der Waals surface area contributed by atoms with Gasteiger partial charge in [0, 0.05) is 17.0 Å². The van der Waals surface area contributed by atoms with Crippen LogP contribution < -0.4 is 34.5 Å².